The first-order valence-corrected chi connectivity index (χ1v) is 6.22. The van der Waals surface area contributed by atoms with Gasteiger partial charge < -0.3 is 0 Å². The summed E-state index contributed by atoms with van der Waals surface area (Å²) in [5, 5.41) is 5.21. The zero-order valence-electron chi connectivity index (χ0n) is 9.82. The van der Waals surface area contributed by atoms with Crippen LogP contribution in [0.25, 0.3) is 0 Å². The number of benzene rings is 2. The van der Waals surface area contributed by atoms with Crippen molar-refractivity contribution in [3.8, 4) is 0 Å². The number of halogens is 2. The number of nitrogens with one attached hydrogen (secondary N) is 1. The van der Waals surface area contributed by atoms with Crippen molar-refractivity contribution >= 4 is 35.1 Å². The van der Waals surface area contributed by atoms with E-state index in [1.165, 1.54) is 5.56 Å². The number of rotatable bonds is 3. The normalized spacial score (nSPS) is 10.8. The van der Waals surface area contributed by atoms with Crippen LogP contribution in [0, 0.1) is 6.92 Å². The van der Waals surface area contributed by atoms with Gasteiger partial charge in [-0.25, -0.2) is 0 Å². The third kappa shape index (κ3) is 3.25. The lowest BCUT2D eigenvalue weighted by atomic mass is 10.1. The molecular formula is C14H12Cl2N2. The van der Waals surface area contributed by atoms with Crippen LogP contribution in [0.5, 0.6) is 0 Å². The topological polar surface area (TPSA) is 24.4 Å². The summed E-state index contributed by atoms with van der Waals surface area (Å²) >= 11 is 11.7. The number of hydrazone groups is 1. The summed E-state index contributed by atoms with van der Waals surface area (Å²) in [4.78, 5) is 0. The van der Waals surface area contributed by atoms with E-state index in [9.17, 15) is 0 Å². The minimum Gasteiger partial charge on any atom is -0.278 e. The van der Waals surface area contributed by atoms with E-state index in [-0.39, 0.29) is 0 Å². The van der Waals surface area contributed by atoms with Gasteiger partial charge in [-0.3, -0.25) is 5.43 Å². The van der Waals surface area contributed by atoms with Crippen LogP contribution in [0.4, 0.5) is 5.69 Å². The van der Waals surface area contributed by atoms with Gasteiger partial charge in [-0.1, -0.05) is 47.5 Å². The highest BCUT2D eigenvalue weighted by molar-refractivity contribution is 6.42. The second-order valence-corrected chi connectivity index (χ2v) is 4.67. The Morgan fingerprint density at radius 1 is 1.06 bits per heavy atom. The molecule has 0 saturated heterocycles. The van der Waals surface area contributed by atoms with E-state index >= 15 is 0 Å². The van der Waals surface area contributed by atoms with Crippen LogP contribution in [0.2, 0.25) is 10.0 Å². The summed E-state index contributed by atoms with van der Waals surface area (Å²) in [6.45, 7) is 2.04. The van der Waals surface area contributed by atoms with Crippen LogP contribution in [0.1, 0.15) is 11.1 Å². The highest BCUT2D eigenvalue weighted by atomic mass is 35.5. The van der Waals surface area contributed by atoms with E-state index in [0.717, 1.165) is 11.3 Å². The summed E-state index contributed by atoms with van der Waals surface area (Å²) in [6.07, 6.45) is 1.78. The van der Waals surface area contributed by atoms with Gasteiger partial charge in [0.1, 0.15) is 0 Å². The lowest BCUT2D eigenvalue weighted by Gasteiger charge is -2.02. The highest BCUT2D eigenvalue weighted by Gasteiger charge is 1.98. The van der Waals surface area contributed by atoms with E-state index in [2.05, 4.69) is 10.5 Å². The first-order chi connectivity index (χ1) is 8.66. The second-order valence-electron chi connectivity index (χ2n) is 3.86. The van der Waals surface area contributed by atoms with Gasteiger partial charge in [0.2, 0.25) is 0 Å². The highest BCUT2D eigenvalue weighted by Crippen LogP contribution is 2.24. The van der Waals surface area contributed by atoms with E-state index in [0.29, 0.717) is 10.0 Å². The van der Waals surface area contributed by atoms with Crippen LogP contribution >= 0.6 is 23.2 Å². The molecule has 0 radical (unpaired) electrons. The van der Waals surface area contributed by atoms with E-state index < -0.39 is 0 Å². The monoisotopic (exact) mass is 278 g/mol. The molecule has 0 aliphatic heterocycles. The molecule has 0 heterocycles. The lowest BCUT2D eigenvalue weighted by Crippen LogP contribution is -1.92. The van der Waals surface area contributed by atoms with Crippen molar-refractivity contribution in [3.05, 3.63) is 63.6 Å². The quantitative estimate of drug-likeness (QED) is 0.636. The number of aryl methyl sites for hydroxylation is 1. The van der Waals surface area contributed by atoms with Crippen LogP contribution in [0.3, 0.4) is 0 Å². The molecule has 0 unspecified atom stereocenters. The Labute approximate surface area is 116 Å². The Morgan fingerprint density at radius 2 is 1.83 bits per heavy atom. The molecule has 0 amide bonds. The van der Waals surface area contributed by atoms with Crippen molar-refractivity contribution in [2.75, 3.05) is 5.43 Å². The third-order valence-corrected chi connectivity index (χ3v) is 3.24. The maximum atomic E-state index is 5.91. The third-order valence-electron chi connectivity index (χ3n) is 2.51. The molecular weight excluding hydrogens is 267 g/mol. The number of anilines is 1. The van der Waals surface area contributed by atoms with E-state index in [4.69, 9.17) is 23.2 Å². The first-order valence-electron chi connectivity index (χ1n) is 5.46. The molecule has 0 aliphatic carbocycles. The van der Waals surface area contributed by atoms with Crippen molar-refractivity contribution in [1.29, 1.82) is 0 Å². The molecule has 1 N–H and O–H groups in total. The predicted octanol–water partition coefficient (Wildman–Crippen LogP) is 4.75. The molecule has 2 aromatic carbocycles. The number of hydrogen-bond acceptors (Lipinski definition) is 2. The Balaban J connectivity index is 2.07. The lowest BCUT2D eigenvalue weighted by molar-refractivity contribution is 1.34. The fourth-order valence-electron chi connectivity index (χ4n) is 1.47. The van der Waals surface area contributed by atoms with Gasteiger partial charge in [0.15, 0.2) is 0 Å². The molecule has 18 heavy (non-hydrogen) atoms. The molecule has 0 fully saturated rings. The van der Waals surface area contributed by atoms with Crippen LogP contribution < -0.4 is 5.43 Å². The molecule has 2 nitrogen and oxygen atoms in total. The van der Waals surface area contributed by atoms with Crippen LogP contribution in [-0.4, -0.2) is 6.21 Å². The van der Waals surface area contributed by atoms with Crippen LogP contribution in [0.15, 0.2) is 47.6 Å². The summed E-state index contributed by atoms with van der Waals surface area (Å²) in [7, 11) is 0. The molecule has 0 spiro atoms. The van der Waals surface area contributed by atoms with Crippen molar-refractivity contribution < 1.29 is 0 Å². The van der Waals surface area contributed by atoms with Gasteiger partial charge in [0.05, 0.1) is 21.9 Å². The summed E-state index contributed by atoms with van der Waals surface area (Å²) in [5.74, 6) is 0. The van der Waals surface area contributed by atoms with Crippen LogP contribution in [-0.2, 0) is 0 Å². The minimum absolute atomic E-state index is 0.507. The van der Waals surface area contributed by atoms with Crippen molar-refractivity contribution in [2.45, 2.75) is 6.92 Å². The molecule has 0 bridgehead atoms. The molecule has 0 aromatic heterocycles. The molecule has 0 aliphatic rings. The molecule has 0 atom stereocenters. The van der Waals surface area contributed by atoms with Gasteiger partial charge in [0.25, 0.3) is 0 Å². The Bertz CT molecular complexity index is 580. The fraction of sp³-hybridized carbons (Fsp3) is 0.0714. The zero-order chi connectivity index (χ0) is 13.0. The Morgan fingerprint density at radius 3 is 2.56 bits per heavy atom. The van der Waals surface area contributed by atoms with Crippen molar-refractivity contribution in [2.24, 2.45) is 5.10 Å². The largest absolute Gasteiger partial charge is 0.278 e. The Hall–Kier alpha value is -1.51. The SMILES string of the molecule is Cc1ccccc1/C=N\Nc1ccc(Cl)c(Cl)c1. The summed E-state index contributed by atoms with van der Waals surface area (Å²) in [5.41, 5.74) is 5.97. The van der Waals surface area contributed by atoms with Crippen molar-refractivity contribution in [3.63, 3.8) is 0 Å². The maximum Gasteiger partial charge on any atom is 0.0613 e. The zero-order valence-corrected chi connectivity index (χ0v) is 11.3. The molecule has 4 heteroatoms. The van der Waals surface area contributed by atoms with Gasteiger partial charge in [-0.2, -0.15) is 5.10 Å². The van der Waals surface area contributed by atoms with E-state index in [1.807, 2.05) is 37.3 Å². The maximum absolute atomic E-state index is 5.91. The van der Waals surface area contributed by atoms with Gasteiger partial charge in [0, 0.05) is 0 Å². The fourth-order valence-corrected chi connectivity index (χ4v) is 1.77. The average molecular weight is 279 g/mol. The molecule has 92 valence electrons. The summed E-state index contributed by atoms with van der Waals surface area (Å²) in [6, 6.07) is 13.3. The first kappa shape index (κ1) is 12.9. The molecule has 2 aromatic rings. The Kier molecular flexibility index (Phi) is 4.24. The summed E-state index contributed by atoms with van der Waals surface area (Å²) < 4.78 is 0. The molecule has 0 saturated carbocycles. The van der Waals surface area contributed by atoms with Gasteiger partial charge in [-0.05, 0) is 36.2 Å². The predicted molar refractivity (Wildman–Crippen MR) is 78.9 cm³/mol. The van der Waals surface area contributed by atoms with Gasteiger partial charge >= 0.3 is 0 Å². The van der Waals surface area contributed by atoms with Gasteiger partial charge in [-0.15, -0.1) is 0 Å². The second kappa shape index (κ2) is 5.89. The number of hydrogen-bond donors (Lipinski definition) is 1. The number of nitrogens with zero attached hydrogens (tertiary/aromatic N) is 1. The smallest absolute Gasteiger partial charge is 0.0613 e. The average Bonchev–Trinajstić information content (AvgIpc) is 2.36. The minimum atomic E-state index is 0.507. The molecule has 2 rings (SSSR count). The standard InChI is InChI=1S/C14H12Cl2N2/c1-10-4-2-3-5-11(10)9-17-18-12-6-7-13(15)14(16)8-12/h2-9,18H,1H3/b17-9-. The van der Waals surface area contributed by atoms with E-state index in [1.54, 1.807) is 18.3 Å². The van der Waals surface area contributed by atoms with Crippen molar-refractivity contribution in [1.82, 2.24) is 0 Å².